The zero-order valence-corrected chi connectivity index (χ0v) is 19.2. The van der Waals surface area contributed by atoms with Gasteiger partial charge in [-0.15, -0.1) is 0 Å². The third-order valence-electron chi connectivity index (χ3n) is 7.47. The summed E-state index contributed by atoms with van der Waals surface area (Å²) in [5.41, 5.74) is 4.82. The highest BCUT2D eigenvalue weighted by Gasteiger charge is 2.26. The second-order valence-electron chi connectivity index (χ2n) is 9.54. The van der Waals surface area contributed by atoms with Gasteiger partial charge in [0, 0.05) is 0 Å². The molecule has 2 aromatic carbocycles. The molecule has 0 spiro atoms. The molecule has 0 N–H and O–H groups in total. The summed E-state index contributed by atoms with van der Waals surface area (Å²) in [5.74, 6) is 2.65. The lowest BCUT2D eigenvalue weighted by Crippen LogP contribution is -2.16. The minimum Gasteiger partial charge on any atom is -0.490 e. The molecule has 2 heteroatoms. The maximum Gasteiger partial charge on any atom is 0.126 e. The molecule has 166 valence electrons. The molecule has 2 aliphatic rings. The lowest BCUT2D eigenvalue weighted by Gasteiger charge is -2.29. The van der Waals surface area contributed by atoms with Gasteiger partial charge in [-0.05, 0) is 110 Å². The highest BCUT2D eigenvalue weighted by atomic mass is 19.1. The average molecular weight is 421 g/mol. The molecule has 0 saturated heterocycles. The Morgan fingerprint density at radius 2 is 1.81 bits per heavy atom. The quantitative estimate of drug-likeness (QED) is 0.411. The molecule has 2 aromatic rings. The Morgan fingerprint density at radius 1 is 0.968 bits per heavy atom. The first kappa shape index (κ1) is 22.1. The van der Waals surface area contributed by atoms with Crippen molar-refractivity contribution in [1.82, 2.24) is 0 Å². The molecule has 0 aromatic heterocycles. The van der Waals surface area contributed by atoms with Crippen molar-refractivity contribution >= 4 is 0 Å². The Kier molecular flexibility index (Phi) is 7.48. The number of ether oxygens (including phenoxy) is 1. The van der Waals surface area contributed by atoms with Crippen LogP contribution in [0, 0.1) is 11.7 Å². The molecule has 1 unspecified atom stereocenters. The Bertz CT molecular complexity index is 892. The molecule has 1 saturated carbocycles. The van der Waals surface area contributed by atoms with Gasteiger partial charge in [-0.3, -0.25) is 0 Å². The number of benzene rings is 2. The highest BCUT2D eigenvalue weighted by Crippen LogP contribution is 2.40. The van der Waals surface area contributed by atoms with Crippen molar-refractivity contribution in [2.75, 3.05) is 6.61 Å². The largest absolute Gasteiger partial charge is 0.490 e. The van der Waals surface area contributed by atoms with Crippen molar-refractivity contribution in [2.24, 2.45) is 5.92 Å². The Hall–Kier alpha value is -2.09. The van der Waals surface area contributed by atoms with Crippen LogP contribution in [0.15, 0.2) is 48.6 Å². The predicted octanol–water partition coefficient (Wildman–Crippen LogP) is 8.13. The number of halogens is 1. The van der Waals surface area contributed by atoms with E-state index < -0.39 is 0 Å². The monoisotopic (exact) mass is 420 g/mol. The van der Waals surface area contributed by atoms with E-state index in [2.05, 4.69) is 37.3 Å². The van der Waals surface area contributed by atoms with E-state index in [1.807, 2.05) is 25.1 Å². The van der Waals surface area contributed by atoms with E-state index in [1.54, 1.807) is 0 Å². The van der Waals surface area contributed by atoms with Crippen molar-refractivity contribution in [2.45, 2.75) is 83.5 Å². The van der Waals surface area contributed by atoms with E-state index in [0.717, 1.165) is 36.5 Å². The van der Waals surface area contributed by atoms with Crippen LogP contribution in [0.4, 0.5) is 4.39 Å². The fourth-order valence-corrected chi connectivity index (χ4v) is 5.65. The topological polar surface area (TPSA) is 9.23 Å². The van der Waals surface area contributed by atoms with Crippen LogP contribution >= 0.6 is 0 Å². The predicted molar refractivity (Wildman–Crippen MR) is 128 cm³/mol. The number of aryl methyl sites for hydroxylation is 1. The van der Waals surface area contributed by atoms with Gasteiger partial charge in [0.2, 0.25) is 0 Å². The summed E-state index contributed by atoms with van der Waals surface area (Å²) in [6.07, 6.45) is 14.6. The number of fused-ring (bicyclic) bond motifs is 1. The van der Waals surface area contributed by atoms with Gasteiger partial charge in [0.05, 0.1) is 0 Å². The van der Waals surface area contributed by atoms with Crippen LogP contribution in [0.25, 0.3) is 0 Å². The number of hydrogen-bond acceptors (Lipinski definition) is 1. The van der Waals surface area contributed by atoms with Gasteiger partial charge in [0.25, 0.3) is 0 Å². The summed E-state index contributed by atoms with van der Waals surface area (Å²) < 4.78 is 21.0. The summed E-state index contributed by atoms with van der Waals surface area (Å²) in [5, 5.41) is 0. The van der Waals surface area contributed by atoms with Crippen molar-refractivity contribution in [3.8, 4) is 5.75 Å². The Morgan fingerprint density at radius 3 is 2.55 bits per heavy atom. The number of allylic oxidation sites excluding steroid dienone is 1. The third-order valence-corrected chi connectivity index (χ3v) is 7.47. The summed E-state index contributed by atoms with van der Waals surface area (Å²) >= 11 is 0. The van der Waals surface area contributed by atoms with Crippen LogP contribution in [-0.2, 0) is 12.8 Å². The van der Waals surface area contributed by atoms with Crippen molar-refractivity contribution < 1.29 is 9.13 Å². The molecule has 1 nitrogen and oxygen atoms in total. The Labute approximate surface area is 187 Å². The molecule has 31 heavy (non-hydrogen) atoms. The van der Waals surface area contributed by atoms with Crippen LogP contribution in [-0.4, -0.2) is 6.61 Å². The number of hydrogen-bond donors (Lipinski definition) is 0. The van der Waals surface area contributed by atoms with Gasteiger partial charge in [-0.25, -0.2) is 4.39 Å². The third kappa shape index (κ3) is 5.40. The fraction of sp³-hybridized carbons (Fsp3) is 0.517. The fourth-order valence-electron chi connectivity index (χ4n) is 5.65. The van der Waals surface area contributed by atoms with Crippen molar-refractivity contribution in [3.05, 3.63) is 76.6 Å². The van der Waals surface area contributed by atoms with Gasteiger partial charge in [-0.2, -0.15) is 0 Å². The standard InChI is InChI=1S/C29H37FO/c1-3-5-17-31-27-15-13-23-18-26(12-11-24(23)19-27)28-16-14-25(20-29(28)30)22-9-7-21(6-4-2)8-10-22/h3,5,13-16,19-22,26H,4,6-12,17-18H2,1-2H3. The van der Waals surface area contributed by atoms with Crippen LogP contribution in [0.5, 0.6) is 5.75 Å². The SMILES string of the molecule is CC=CCOc1ccc2c(c1)CCC(c1ccc(C3CCC(CCC)CC3)cc1F)C2. The van der Waals surface area contributed by atoms with Gasteiger partial charge in [-0.1, -0.05) is 50.1 Å². The zero-order chi connectivity index (χ0) is 21.6. The van der Waals surface area contributed by atoms with Gasteiger partial charge in [0.1, 0.15) is 18.2 Å². The summed E-state index contributed by atoms with van der Waals surface area (Å²) in [7, 11) is 0. The van der Waals surface area contributed by atoms with Crippen LogP contribution in [0.2, 0.25) is 0 Å². The van der Waals surface area contributed by atoms with E-state index in [0.29, 0.717) is 12.5 Å². The first-order valence-electron chi connectivity index (χ1n) is 12.3. The zero-order valence-electron chi connectivity index (χ0n) is 19.2. The first-order chi connectivity index (χ1) is 15.2. The molecule has 0 amide bonds. The second kappa shape index (κ2) is 10.5. The molecular weight excluding hydrogens is 383 g/mol. The van der Waals surface area contributed by atoms with Crippen molar-refractivity contribution in [1.29, 1.82) is 0 Å². The molecule has 0 aliphatic heterocycles. The molecule has 0 bridgehead atoms. The molecule has 0 heterocycles. The van der Waals surface area contributed by atoms with E-state index in [4.69, 9.17) is 4.74 Å². The molecule has 0 radical (unpaired) electrons. The minimum atomic E-state index is 0.00735. The molecule has 1 fully saturated rings. The second-order valence-corrected chi connectivity index (χ2v) is 9.54. The summed E-state index contributed by atoms with van der Waals surface area (Å²) in [4.78, 5) is 0. The Balaban J connectivity index is 1.40. The maximum atomic E-state index is 15.2. The molecule has 1 atom stereocenters. The van der Waals surface area contributed by atoms with E-state index in [-0.39, 0.29) is 11.7 Å². The first-order valence-corrected chi connectivity index (χ1v) is 12.3. The van der Waals surface area contributed by atoms with E-state index in [1.165, 1.54) is 55.2 Å². The highest BCUT2D eigenvalue weighted by molar-refractivity contribution is 5.40. The van der Waals surface area contributed by atoms with Crippen molar-refractivity contribution in [3.63, 3.8) is 0 Å². The minimum absolute atomic E-state index is 0.00735. The summed E-state index contributed by atoms with van der Waals surface area (Å²) in [6, 6.07) is 12.6. The van der Waals surface area contributed by atoms with E-state index >= 15 is 4.39 Å². The van der Waals surface area contributed by atoms with Crippen LogP contribution < -0.4 is 4.74 Å². The molecule has 4 rings (SSSR count). The maximum absolute atomic E-state index is 15.2. The lowest BCUT2D eigenvalue weighted by atomic mass is 9.76. The van der Waals surface area contributed by atoms with E-state index in [9.17, 15) is 0 Å². The summed E-state index contributed by atoms with van der Waals surface area (Å²) in [6.45, 7) is 4.89. The molecule has 2 aliphatic carbocycles. The van der Waals surface area contributed by atoms with Gasteiger partial charge >= 0.3 is 0 Å². The normalized spacial score (nSPS) is 23.6. The smallest absolute Gasteiger partial charge is 0.126 e. The average Bonchev–Trinajstić information content (AvgIpc) is 2.79. The van der Waals surface area contributed by atoms with Crippen LogP contribution in [0.1, 0.15) is 92.9 Å². The lowest BCUT2D eigenvalue weighted by molar-refractivity contribution is 0.308. The number of rotatable bonds is 7. The van der Waals surface area contributed by atoms with Gasteiger partial charge < -0.3 is 4.74 Å². The van der Waals surface area contributed by atoms with Gasteiger partial charge in [0.15, 0.2) is 0 Å². The van der Waals surface area contributed by atoms with Crippen LogP contribution in [0.3, 0.4) is 0 Å². The molecular formula is C29H37FO.